The number of hydrogen-bond acceptors (Lipinski definition) is 2. The lowest BCUT2D eigenvalue weighted by atomic mass is 10.2. The Balaban J connectivity index is 3.38. The van der Waals surface area contributed by atoms with Crippen molar-refractivity contribution in [3.05, 3.63) is 13.8 Å². The van der Waals surface area contributed by atoms with E-state index >= 15 is 0 Å². The van der Waals surface area contributed by atoms with Crippen LogP contribution in [0.2, 0.25) is 0 Å². The van der Waals surface area contributed by atoms with Crippen molar-refractivity contribution in [2.75, 3.05) is 13.2 Å². The molecule has 0 aliphatic heterocycles. The summed E-state index contributed by atoms with van der Waals surface area (Å²) >= 11 is 0. The molecule has 0 aliphatic carbocycles. The summed E-state index contributed by atoms with van der Waals surface area (Å²) in [6, 6.07) is 0. The summed E-state index contributed by atoms with van der Waals surface area (Å²) in [5.74, 6) is 0. The van der Waals surface area contributed by atoms with Gasteiger partial charge in [0, 0.05) is 13.2 Å². The Bertz CT molecular complexity index is 63.7. The van der Waals surface area contributed by atoms with Gasteiger partial charge in [-0.25, -0.2) is 0 Å². The van der Waals surface area contributed by atoms with E-state index in [-0.39, 0.29) is 12.2 Å². The van der Waals surface area contributed by atoms with Crippen LogP contribution >= 0.6 is 0 Å². The van der Waals surface area contributed by atoms with Crippen molar-refractivity contribution in [2.24, 2.45) is 0 Å². The molecule has 0 aliphatic rings. The van der Waals surface area contributed by atoms with Gasteiger partial charge in [-0.1, -0.05) is 0 Å². The Labute approximate surface area is 63.5 Å². The molecule has 0 amide bonds. The highest BCUT2D eigenvalue weighted by atomic mass is 16.5. The lowest BCUT2D eigenvalue weighted by Gasteiger charge is -2.18. The van der Waals surface area contributed by atoms with Gasteiger partial charge in [-0.2, -0.15) is 0 Å². The average Bonchev–Trinajstić information content (AvgIpc) is 1.89. The zero-order valence-electron chi connectivity index (χ0n) is 6.80. The Morgan fingerprint density at radius 2 is 1.30 bits per heavy atom. The molecule has 0 spiro atoms. The van der Waals surface area contributed by atoms with Crippen molar-refractivity contribution >= 4 is 0 Å². The van der Waals surface area contributed by atoms with Crippen LogP contribution in [0.3, 0.4) is 0 Å². The Kier molecular flexibility index (Phi) is 5.64. The van der Waals surface area contributed by atoms with Crippen LogP contribution < -0.4 is 0 Å². The summed E-state index contributed by atoms with van der Waals surface area (Å²) in [5, 5.41) is 0. The van der Waals surface area contributed by atoms with Gasteiger partial charge in [0.25, 0.3) is 0 Å². The maximum Gasteiger partial charge on any atom is 0.0837 e. The van der Waals surface area contributed by atoms with Crippen LogP contribution in [0, 0.1) is 13.8 Å². The lowest BCUT2D eigenvalue weighted by molar-refractivity contribution is -0.0238. The van der Waals surface area contributed by atoms with E-state index in [4.69, 9.17) is 9.47 Å². The van der Waals surface area contributed by atoms with Crippen molar-refractivity contribution in [3.8, 4) is 0 Å². The van der Waals surface area contributed by atoms with Crippen LogP contribution in [0.4, 0.5) is 0 Å². The minimum atomic E-state index is -0.148. The second kappa shape index (κ2) is 5.69. The van der Waals surface area contributed by atoms with Crippen LogP contribution in [0.5, 0.6) is 0 Å². The van der Waals surface area contributed by atoms with E-state index in [2.05, 4.69) is 13.8 Å². The Morgan fingerprint density at radius 1 is 1.00 bits per heavy atom. The second-order valence-corrected chi connectivity index (χ2v) is 1.99. The molecule has 2 unspecified atom stereocenters. The molecule has 2 atom stereocenters. The normalized spacial score (nSPS) is 16.8. The van der Waals surface area contributed by atoms with E-state index in [9.17, 15) is 0 Å². The van der Waals surface area contributed by atoms with E-state index in [1.165, 1.54) is 0 Å². The smallest absolute Gasteiger partial charge is 0.0837 e. The molecule has 0 saturated carbocycles. The van der Waals surface area contributed by atoms with E-state index < -0.39 is 0 Å². The Hall–Kier alpha value is -0.0800. The second-order valence-electron chi connectivity index (χ2n) is 1.99. The molecule has 0 bridgehead atoms. The van der Waals surface area contributed by atoms with Gasteiger partial charge in [-0.3, -0.25) is 0 Å². The molecule has 2 radical (unpaired) electrons. The first kappa shape index (κ1) is 9.92. The fourth-order valence-electron chi connectivity index (χ4n) is 0.643. The van der Waals surface area contributed by atoms with Gasteiger partial charge in [0.1, 0.15) is 0 Å². The van der Waals surface area contributed by atoms with Crippen molar-refractivity contribution in [2.45, 2.75) is 26.1 Å². The van der Waals surface area contributed by atoms with E-state index in [0.717, 1.165) is 0 Å². The monoisotopic (exact) mass is 144 g/mol. The molecule has 2 heteroatoms. The van der Waals surface area contributed by atoms with Crippen molar-refractivity contribution in [3.63, 3.8) is 0 Å². The van der Waals surface area contributed by atoms with Crippen molar-refractivity contribution < 1.29 is 9.47 Å². The fourth-order valence-corrected chi connectivity index (χ4v) is 0.643. The molecule has 0 saturated heterocycles. The molecular weight excluding hydrogens is 128 g/mol. The van der Waals surface area contributed by atoms with E-state index in [0.29, 0.717) is 13.2 Å². The van der Waals surface area contributed by atoms with Crippen molar-refractivity contribution in [1.29, 1.82) is 0 Å². The third kappa shape index (κ3) is 3.85. The number of rotatable bonds is 5. The summed E-state index contributed by atoms with van der Waals surface area (Å²) in [5.41, 5.74) is 0. The minimum Gasteiger partial charge on any atom is -0.376 e. The average molecular weight is 144 g/mol. The Morgan fingerprint density at radius 3 is 1.50 bits per heavy atom. The van der Waals surface area contributed by atoms with Crippen LogP contribution in [-0.2, 0) is 9.47 Å². The molecule has 60 valence electrons. The SMILES string of the molecule is [CH2]C(OCC)C([CH2])OCC. The maximum atomic E-state index is 5.16. The molecule has 2 nitrogen and oxygen atoms in total. The van der Waals surface area contributed by atoms with Gasteiger partial charge in [-0.05, 0) is 27.7 Å². The zero-order chi connectivity index (χ0) is 7.98. The molecule has 0 fully saturated rings. The number of ether oxygens (including phenoxy) is 2. The predicted molar refractivity (Wildman–Crippen MR) is 41.5 cm³/mol. The maximum absolute atomic E-state index is 5.16. The summed E-state index contributed by atoms with van der Waals surface area (Å²) in [4.78, 5) is 0. The summed E-state index contributed by atoms with van der Waals surface area (Å²) in [7, 11) is 0. The summed E-state index contributed by atoms with van der Waals surface area (Å²) < 4.78 is 10.3. The molecular formula is C8H16O2. The third-order valence-electron chi connectivity index (χ3n) is 1.18. The largest absolute Gasteiger partial charge is 0.376 e. The first-order chi connectivity index (χ1) is 4.72. The van der Waals surface area contributed by atoms with Gasteiger partial charge >= 0.3 is 0 Å². The van der Waals surface area contributed by atoms with Crippen LogP contribution in [0.25, 0.3) is 0 Å². The highest BCUT2D eigenvalue weighted by Gasteiger charge is 2.10. The third-order valence-corrected chi connectivity index (χ3v) is 1.18. The van der Waals surface area contributed by atoms with Crippen molar-refractivity contribution in [1.82, 2.24) is 0 Å². The first-order valence-electron chi connectivity index (χ1n) is 3.61. The van der Waals surface area contributed by atoms with Crippen LogP contribution in [-0.4, -0.2) is 25.4 Å². The minimum absolute atomic E-state index is 0.148. The molecule has 10 heavy (non-hydrogen) atoms. The molecule has 0 aromatic heterocycles. The van der Waals surface area contributed by atoms with Crippen LogP contribution in [0.1, 0.15) is 13.8 Å². The highest BCUT2D eigenvalue weighted by molar-refractivity contribution is 4.74. The summed E-state index contributed by atoms with van der Waals surface area (Å²) in [6.07, 6.45) is -0.296. The first-order valence-corrected chi connectivity index (χ1v) is 3.61. The van der Waals surface area contributed by atoms with Gasteiger partial charge in [0.2, 0.25) is 0 Å². The van der Waals surface area contributed by atoms with Gasteiger partial charge in [-0.15, -0.1) is 0 Å². The van der Waals surface area contributed by atoms with E-state index in [1.54, 1.807) is 0 Å². The lowest BCUT2D eigenvalue weighted by Crippen LogP contribution is -2.26. The molecule has 0 rings (SSSR count). The molecule has 0 aromatic carbocycles. The molecule has 0 N–H and O–H groups in total. The van der Waals surface area contributed by atoms with E-state index in [1.807, 2.05) is 13.8 Å². The zero-order valence-corrected chi connectivity index (χ0v) is 6.80. The van der Waals surface area contributed by atoms with Gasteiger partial charge in [0.05, 0.1) is 12.2 Å². The quantitative estimate of drug-likeness (QED) is 0.581. The van der Waals surface area contributed by atoms with Crippen LogP contribution in [0.15, 0.2) is 0 Å². The fraction of sp³-hybridized carbons (Fsp3) is 0.750. The topological polar surface area (TPSA) is 18.5 Å². The van der Waals surface area contributed by atoms with Gasteiger partial charge < -0.3 is 9.47 Å². The molecule has 0 heterocycles. The predicted octanol–water partition coefficient (Wildman–Crippen LogP) is 1.46. The standard InChI is InChI=1S/C8H16O2/c1-5-9-7(3)8(4)10-6-2/h7-8H,3-6H2,1-2H3. The van der Waals surface area contributed by atoms with Gasteiger partial charge in [0.15, 0.2) is 0 Å². The molecule has 0 aromatic rings. The highest BCUT2D eigenvalue weighted by Crippen LogP contribution is 2.00. The number of hydrogen-bond donors (Lipinski definition) is 0. The summed E-state index contributed by atoms with van der Waals surface area (Å²) in [6.45, 7) is 12.6.